The van der Waals surface area contributed by atoms with Gasteiger partial charge in [-0.15, -0.1) is 0 Å². The highest BCUT2D eigenvalue weighted by atomic mass is 32.2. The van der Waals surface area contributed by atoms with E-state index in [4.69, 9.17) is 4.74 Å². The number of fused-ring (bicyclic) bond motifs is 1. The first-order chi connectivity index (χ1) is 13.7. The van der Waals surface area contributed by atoms with E-state index >= 15 is 0 Å². The fraction of sp³-hybridized carbons (Fsp3) is 0.250. The zero-order chi connectivity index (χ0) is 21.2. The molecule has 0 fully saturated rings. The lowest BCUT2D eigenvalue weighted by atomic mass is 10.1. The van der Waals surface area contributed by atoms with Gasteiger partial charge in [0.1, 0.15) is 11.9 Å². The number of carbonyl (C=O) groups excluding carboxylic acids is 2. The van der Waals surface area contributed by atoms with E-state index < -0.39 is 34.0 Å². The number of amidine groups is 1. The molecule has 0 spiro atoms. The van der Waals surface area contributed by atoms with Crippen LogP contribution in [-0.2, 0) is 24.3 Å². The van der Waals surface area contributed by atoms with Crippen molar-refractivity contribution in [2.45, 2.75) is 24.0 Å². The normalized spacial score (nSPS) is 17.7. The van der Waals surface area contributed by atoms with Crippen molar-refractivity contribution in [1.82, 2.24) is 9.62 Å². The number of rotatable bonds is 5. The zero-order valence-electron chi connectivity index (χ0n) is 16.2. The molecule has 0 saturated heterocycles. The van der Waals surface area contributed by atoms with Crippen molar-refractivity contribution in [3.05, 3.63) is 65.7 Å². The van der Waals surface area contributed by atoms with E-state index in [9.17, 15) is 18.0 Å². The van der Waals surface area contributed by atoms with E-state index in [0.29, 0.717) is 11.1 Å². The first kappa shape index (κ1) is 20.5. The van der Waals surface area contributed by atoms with E-state index in [2.05, 4.69) is 9.71 Å². The third kappa shape index (κ3) is 4.29. The van der Waals surface area contributed by atoms with E-state index in [1.807, 2.05) is 0 Å². The number of hydrogen-bond acceptors (Lipinski definition) is 6. The fourth-order valence-electron chi connectivity index (χ4n) is 2.81. The molecule has 1 aliphatic rings. The fourth-order valence-corrected chi connectivity index (χ4v) is 4.05. The van der Waals surface area contributed by atoms with Gasteiger partial charge >= 0.3 is 5.97 Å². The number of sulfonamides is 1. The van der Waals surface area contributed by atoms with Crippen molar-refractivity contribution in [1.29, 1.82) is 0 Å². The molecule has 0 aromatic heterocycles. The third-order valence-corrected chi connectivity index (χ3v) is 5.73. The Bertz CT molecular complexity index is 1060. The Kier molecular flexibility index (Phi) is 5.69. The van der Waals surface area contributed by atoms with E-state index in [1.165, 1.54) is 17.9 Å². The van der Waals surface area contributed by atoms with E-state index in [-0.39, 0.29) is 10.7 Å². The molecule has 0 saturated carbocycles. The minimum absolute atomic E-state index is 0.0697. The highest BCUT2D eigenvalue weighted by molar-refractivity contribution is 7.90. The largest absolute Gasteiger partial charge is 0.446 e. The summed E-state index contributed by atoms with van der Waals surface area (Å²) in [6.07, 6.45) is -1.12. The van der Waals surface area contributed by atoms with Crippen molar-refractivity contribution >= 4 is 27.7 Å². The molecular formula is C20H21N3O5S. The Morgan fingerprint density at radius 2 is 1.66 bits per heavy atom. The lowest BCUT2D eigenvalue weighted by Crippen LogP contribution is -2.34. The number of nitrogens with one attached hydrogen (secondary N) is 1. The predicted molar refractivity (Wildman–Crippen MR) is 107 cm³/mol. The molecule has 1 aliphatic heterocycles. The average molecular weight is 415 g/mol. The van der Waals surface area contributed by atoms with E-state index in [0.717, 1.165) is 0 Å². The van der Waals surface area contributed by atoms with E-state index in [1.54, 1.807) is 62.6 Å². The van der Waals surface area contributed by atoms with Gasteiger partial charge in [-0.25, -0.2) is 13.2 Å². The summed E-state index contributed by atoms with van der Waals surface area (Å²) in [4.78, 5) is 30.8. The second-order valence-corrected chi connectivity index (χ2v) is 8.37. The van der Waals surface area contributed by atoms with Crippen LogP contribution in [0.25, 0.3) is 0 Å². The van der Waals surface area contributed by atoms with Crippen molar-refractivity contribution < 1.29 is 22.7 Å². The van der Waals surface area contributed by atoms with Gasteiger partial charge in [0.2, 0.25) is 6.10 Å². The van der Waals surface area contributed by atoms with Crippen molar-refractivity contribution in [2.24, 2.45) is 4.99 Å². The number of amides is 1. The summed E-state index contributed by atoms with van der Waals surface area (Å²) < 4.78 is 32.2. The molecule has 2 atom stereocenters. The van der Waals surface area contributed by atoms with Gasteiger partial charge < -0.3 is 9.64 Å². The number of aliphatic imine (C=N–C) groups is 1. The van der Waals surface area contributed by atoms with Crippen LogP contribution >= 0.6 is 0 Å². The number of hydrogen-bond donors (Lipinski definition) is 1. The zero-order valence-corrected chi connectivity index (χ0v) is 17.0. The van der Waals surface area contributed by atoms with Gasteiger partial charge in [-0.05, 0) is 19.1 Å². The van der Waals surface area contributed by atoms with Gasteiger partial charge in [-0.3, -0.25) is 14.5 Å². The summed E-state index contributed by atoms with van der Waals surface area (Å²) in [5, 5.41) is 0. The lowest BCUT2D eigenvalue weighted by Gasteiger charge is -2.22. The molecular weight excluding hydrogens is 394 g/mol. The Balaban J connectivity index is 1.84. The first-order valence-corrected chi connectivity index (χ1v) is 10.4. The molecule has 1 amide bonds. The number of esters is 1. The summed E-state index contributed by atoms with van der Waals surface area (Å²) >= 11 is 0. The summed E-state index contributed by atoms with van der Waals surface area (Å²) in [6.45, 7) is 1.48. The van der Waals surface area contributed by atoms with Crippen LogP contribution in [-0.4, -0.2) is 51.2 Å². The van der Waals surface area contributed by atoms with Gasteiger partial charge in [0.15, 0.2) is 0 Å². The summed E-state index contributed by atoms with van der Waals surface area (Å²) in [5.41, 5.74) is 0.919. The van der Waals surface area contributed by atoms with Crippen LogP contribution in [0.5, 0.6) is 0 Å². The maximum absolute atomic E-state index is 12.6. The summed E-state index contributed by atoms with van der Waals surface area (Å²) in [5.74, 6) is -1.07. The van der Waals surface area contributed by atoms with Crippen LogP contribution in [0.4, 0.5) is 0 Å². The van der Waals surface area contributed by atoms with Gasteiger partial charge in [0, 0.05) is 25.2 Å². The Morgan fingerprint density at radius 3 is 2.31 bits per heavy atom. The lowest BCUT2D eigenvalue weighted by molar-refractivity contribution is -0.160. The Labute approximate surface area is 169 Å². The van der Waals surface area contributed by atoms with Crippen LogP contribution in [0.2, 0.25) is 0 Å². The average Bonchev–Trinajstić information content (AvgIpc) is 2.96. The van der Waals surface area contributed by atoms with Crippen LogP contribution < -0.4 is 4.72 Å². The number of nitrogens with zero attached hydrogens (tertiary/aromatic N) is 2. The second-order valence-electron chi connectivity index (χ2n) is 6.72. The molecule has 1 heterocycles. The van der Waals surface area contributed by atoms with Crippen molar-refractivity contribution in [2.75, 3.05) is 14.1 Å². The quantitative estimate of drug-likeness (QED) is 0.745. The third-order valence-electron chi connectivity index (χ3n) is 4.33. The molecule has 2 aromatic rings. The van der Waals surface area contributed by atoms with Gasteiger partial charge in [0.25, 0.3) is 15.9 Å². The number of benzene rings is 2. The van der Waals surface area contributed by atoms with Crippen molar-refractivity contribution in [3.63, 3.8) is 0 Å². The molecule has 8 nitrogen and oxygen atoms in total. The molecule has 0 bridgehead atoms. The molecule has 0 aliphatic carbocycles. The predicted octanol–water partition coefficient (Wildman–Crippen LogP) is 1.49. The summed E-state index contributed by atoms with van der Waals surface area (Å²) in [7, 11) is -0.572. The summed E-state index contributed by atoms with van der Waals surface area (Å²) in [6, 6.07) is 14.0. The number of likely N-dealkylation sites (N-methyl/N-ethyl adjacent to an activating group) is 1. The Morgan fingerprint density at radius 1 is 1.03 bits per heavy atom. The van der Waals surface area contributed by atoms with Gasteiger partial charge in [0.05, 0.1) is 4.90 Å². The monoisotopic (exact) mass is 415 g/mol. The van der Waals surface area contributed by atoms with Crippen LogP contribution in [0.3, 0.4) is 0 Å². The second kappa shape index (κ2) is 8.04. The first-order valence-electron chi connectivity index (χ1n) is 8.87. The molecule has 9 heteroatoms. The number of ether oxygens (including phenoxy) is 1. The molecule has 2 aromatic carbocycles. The van der Waals surface area contributed by atoms with Crippen molar-refractivity contribution in [3.8, 4) is 0 Å². The topological polar surface area (TPSA) is 105 Å². The van der Waals surface area contributed by atoms with Gasteiger partial charge in [-0.2, -0.15) is 0 Å². The standard InChI is InChI=1S/C20H21N3O5S/c1-13(21-18-15-11-7-8-12-16(15)29(26,27)22-18)20(25)28-17(19(24)23(2)3)14-9-5-4-6-10-14/h4-13,17H,1-3H3,(H,21,22)/t13-,17-/m0/s1. The maximum Gasteiger partial charge on any atom is 0.331 e. The highest BCUT2D eigenvalue weighted by Gasteiger charge is 2.33. The Hall–Kier alpha value is -3.20. The number of carbonyl (C=O) groups is 2. The minimum atomic E-state index is -3.71. The SMILES string of the molecule is C[C@H](N=C1NS(=O)(=O)c2ccccc21)C(=O)O[C@H](C(=O)N(C)C)c1ccccc1. The molecule has 0 unspecified atom stereocenters. The molecule has 0 radical (unpaired) electrons. The smallest absolute Gasteiger partial charge is 0.331 e. The molecule has 152 valence electrons. The van der Waals surface area contributed by atoms with Crippen LogP contribution in [0.1, 0.15) is 24.2 Å². The maximum atomic E-state index is 12.6. The highest BCUT2D eigenvalue weighted by Crippen LogP contribution is 2.24. The van der Waals surface area contributed by atoms with Crippen LogP contribution in [0.15, 0.2) is 64.5 Å². The minimum Gasteiger partial charge on any atom is -0.446 e. The molecule has 1 N–H and O–H groups in total. The molecule has 3 rings (SSSR count). The van der Waals surface area contributed by atoms with Crippen LogP contribution in [0, 0.1) is 0 Å². The van der Waals surface area contributed by atoms with Gasteiger partial charge in [-0.1, -0.05) is 42.5 Å². The molecule has 29 heavy (non-hydrogen) atoms.